The van der Waals surface area contributed by atoms with E-state index in [9.17, 15) is 9.18 Å². The van der Waals surface area contributed by atoms with Crippen LogP contribution in [-0.2, 0) is 11.2 Å². The van der Waals surface area contributed by atoms with E-state index in [0.29, 0.717) is 10.5 Å². The number of aryl methyl sites for hydroxylation is 1. The Morgan fingerprint density at radius 1 is 1.26 bits per heavy atom. The van der Waals surface area contributed by atoms with Crippen molar-refractivity contribution in [1.29, 1.82) is 0 Å². The van der Waals surface area contributed by atoms with Gasteiger partial charge in [0.1, 0.15) is 5.82 Å². The van der Waals surface area contributed by atoms with E-state index >= 15 is 0 Å². The molecule has 1 heterocycles. The third-order valence-corrected chi connectivity index (χ3v) is 4.57. The third kappa shape index (κ3) is 3.93. The van der Waals surface area contributed by atoms with Crippen LogP contribution in [0.5, 0.6) is 0 Å². The summed E-state index contributed by atoms with van der Waals surface area (Å²) in [6, 6.07) is 14.3. The Balaban J connectivity index is 1.69. The van der Waals surface area contributed by atoms with Crippen LogP contribution < -0.4 is 10.6 Å². The van der Waals surface area contributed by atoms with Gasteiger partial charge in [0.15, 0.2) is 5.50 Å². The Bertz CT molecular complexity index is 743. The van der Waals surface area contributed by atoms with Gasteiger partial charge in [0.05, 0.1) is 4.91 Å². The molecule has 1 fully saturated rings. The highest BCUT2D eigenvalue weighted by molar-refractivity contribution is 8.05. The van der Waals surface area contributed by atoms with Gasteiger partial charge in [-0.2, -0.15) is 0 Å². The molecular formula is C18H17FN2OS. The summed E-state index contributed by atoms with van der Waals surface area (Å²) in [5, 5.41) is 6.13. The SMILES string of the molecule is CCc1ccc(N[C@@H]2NC(=O)/C(=C/c3cccc(F)c3)S2)cc1. The lowest BCUT2D eigenvalue weighted by atomic mass is 10.1. The van der Waals surface area contributed by atoms with Crippen LogP contribution in [0.2, 0.25) is 0 Å². The molecule has 0 aliphatic carbocycles. The van der Waals surface area contributed by atoms with Gasteiger partial charge in [-0.05, 0) is 47.9 Å². The Morgan fingerprint density at radius 3 is 2.74 bits per heavy atom. The van der Waals surface area contributed by atoms with Crippen molar-refractivity contribution in [2.75, 3.05) is 5.32 Å². The van der Waals surface area contributed by atoms with E-state index in [-0.39, 0.29) is 17.2 Å². The summed E-state index contributed by atoms with van der Waals surface area (Å²) < 4.78 is 13.2. The molecule has 0 unspecified atom stereocenters. The minimum absolute atomic E-state index is 0.151. The fraction of sp³-hybridized carbons (Fsp3) is 0.167. The number of nitrogens with one attached hydrogen (secondary N) is 2. The Hall–Kier alpha value is -2.27. The van der Waals surface area contributed by atoms with Gasteiger partial charge in [0.2, 0.25) is 0 Å². The Labute approximate surface area is 139 Å². The predicted octanol–water partition coefficient (Wildman–Crippen LogP) is 3.99. The molecule has 2 aromatic rings. The number of carbonyl (C=O) groups excluding carboxylic acids is 1. The molecule has 118 valence electrons. The highest BCUT2D eigenvalue weighted by atomic mass is 32.2. The Kier molecular flexibility index (Phi) is 4.67. The number of anilines is 1. The summed E-state index contributed by atoms with van der Waals surface area (Å²) >= 11 is 1.39. The highest BCUT2D eigenvalue weighted by Crippen LogP contribution is 2.30. The molecule has 2 aromatic carbocycles. The molecule has 1 saturated heterocycles. The van der Waals surface area contributed by atoms with Crippen LogP contribution in [-0.4, -0.2) is 11.4 Å². The largest absolute Gasteiger partial charge is 0.357 e. The summed E-state index contributed by atoms with van der Waals surface area (Å²) in [7, 11) is 0. The number of amides is 1. The van der Waals surface area contributed by atoms with Crippen LogP contribution >= 0.6 is 11.8 Å². The molecule has 1 aliphatic heterocycles. The second-order valence-corrected chi connectivity index (χ2v) is 6.38. The normalized spacial score (nSPS) is 19.0. The average molecular weight is 328 g/mol. The summed E-state index contributed by atoms with van der Waals surface area (Å²) in [4.78, 5) is 12.6. The number of benzene rings is 2. The zero-order valence-electron chi connectivity index (χ0n) is 12.7. The predicted molar refractivity (Wildman–Crippen MR) is 93.3 cm³/mol. The first-order valence-electron chi connectivity index (χ1n) is 7.44. The van der Waals surface area contributed by atoms with Crippen molar-refractivity contribution in [3.8, 4) is 0 Å². The van der Waals surface area contributed by atoms with Crippen LogP contribution in [0, 0.1) is 5.82 Å². The molecule has 2 N–H and O–H groups in total. The van der Waals surface area contributed by atoms with E-state index in [1.807, 2.05) is 12.1 Å². The second-order valence-electron chi connectivity index (χ2n) is 5.23. The van der Waals surface area contributed by atoms with Gasteiger partial charge in [0, 0.05) is 5.69 Å². The average Bonchev–Trinajstić information content (AvgIpc) is 2.87. The van der Waals surface area contributed by atoms with Crippen LogP contribution in [0.15, 0.2) is 53.4 Å². The fourth-order valence-corrected chi connectivity index (χ4v) is 3.29. The van der Waals surface area contributed by atoms with Gasteiger partial charge in [-0.15, -0.1) is 0 Å². The van der Waals surface area contributed by atoms with Crippen molar-refractivity contribution in [2.24, 2.45) is 0 Å². The molecule has 23 heavy (non-hydrogen) atoms. The topological polar surface area (TPSA) is 41.1 Å². The monoisotopic (exact) mass is 328 g/mol. The van der Waals surface area contributed by atoms with Crippen molar-refractivity contribution in [2.45, 2.75) is 18.8 Å². The maximum atomic E-state index is 13.2. The molecule has 1 amide bonds. The van der Waals surface area contributed by atoms with Crippen LogP contribution in [0.25, 0.3) is 6.08 Å². The lowest BCUT2D eigenvalue weighted by Crippen LogP contribution is -2.30. The first-order valence-corrected chi connectivity index (χ1v) is 8.32. The van der Waals surface area contributed by atoms with Crippen molar-refractivity contribution < 1.29 is 9.18 Å². The van der Waals surface area contributed by atoms with E-state index in [2.05, 4.69) is 29.7 Å². The number of carbonyl (C=O) groups is 1. The quantitative estimate of drug-likeness (QED) is 0.834. The summed E-state index contributed by atoms with van der Waals surface area (Å²) in [6.45, 7) is 2.11. The molecule has 0 bridgehead atoms. The van der Waals surface area contributed by atoms with Crippen molar-refractivity contribution in [3.05, 3.63) is 70.4 Å². The highest BCUT2D eigenvalue weighted by Gasteiger charge is 2.27. The number of rotatable bonds is 4. The second kappa shape index (κ2) is 6.87. The van der Waals surface area contributed by atoms with Gasteiger partial charge in [0.25, 0.3) is 5.91 Å². The first-order chi connectivity index (χ1) is 11.1. The van der Waals surface area contributed by atoms with Crippen LogP contribution in [0.3, 0.4) is 0 Å². The third-order valence-electron chi connectivity index (χ3n) is 3.54. The van der Waals surface area contributed by atoms with E-state index in [1.165, 1.54) is 29.5 Å². The van der Waals surface area contributed by atoms with E-state index in [1.54, 1.807) is 18.2 Å². The smallest absolute Gasteiger partial charge is 0.260 e. The maximum Gasteiger partial charge on any atom is 0.260 e. The lowest BCUT2D eigenvalue weighted by molar-refractivity contribution is -0.116. The number of hydrogen-bond donors (Lipinski definition) is 2. The van der Waals surface area contributed by atoms with Gasteiger partial charge in [-0.3, -0.25) is 4.79 Å². The van der Waals surface area contributed by atoms with Crippen molar-refractivity contribution in [3.63, 3.8) is 0 Å². The van der Waals surface area contributed by atoms with E-state index in [4.69, 9.17) is 0 Å². The van der Waals surface area contributed by atoms with E-state index in [0.717, 1.165) is 12.1 Å². The number of hydrogen-bond acceptors (Lipinski definition) is 3. The minimum Gasteiger partial charge on any atom is -0.357 e. The molecule has 0 saturated carbocycles. The molecule has 3 nitrogen and oxygen atoms in total. The van der Waals surface area contributed by atoms with Crippen LogP contribution in [0.4, 0.5) is 10.1 Å². The van der Waals surface area contributed by atoms with Gasteiger partial charge in [-0.1, -0.05) is 43.0 Å². The molecule has 1 aliphatic rings. The van der Waals surface area contributed by atoms with Gasteiger partial charge < -0.3 is 10.6 Å². The Morgan fingerprint density at radius 2 is 2.04 bits per heavy atom. The summed E-state index contributed by atoms with van der Waals surface area (Å²) in [5.41, 5.74) is 2.67. The number of thioether (sulfide) groups is 1. The molecular weight excluding hydrogens is 311 g/mol. The van der Waals surface area contributed by atoms with Gasteiger partial charge in [-0.25, -0.2) is 4.39 Å². The number of halogens is 1. The maximum absolute atomic E-state index is 13.2. The zero-order valence-corrected chi connectivity index (χ0v) is 13.5. The zero-order chi connectivity index (χ0) is 16.2. The minimum atomic E-state index is -0.312. The van der Waals surface area contributed by atoms with Crippen LogP contribution in [0.1, 0.15) is 18.1 Å². The fourth-order valence-electron chi connectivity index (χ4n) is 2.30. The molecule has 0 aromatic heterocycles. The summed E-state index contributed by atoms with van der Waals surface area (Å²) in [5.74, 6) is -0.463. The van der Waals surface area contributed by atoms with Crippen molar-refractivity contribution >= 4 is 29.4 Å². The molecule has 3 rings (SSSR count). The lowest BCUT2D eigenvalue weighted by Gasteiger charge is -2.12. The first kappa shape index (κ1) is 15.6. The van der Waals surface area contributed by atoms with Crippen molar-refractivity contribution in [1.82, 2.24) is 5.32 Å². The molecule has 0 spiro atoms. The van der Waals surface area contributed by atoms with Gasteiger partial charge >= 0.3 is 0 Å². The molecule has 0 radical (unpaired) electrons. The molecule has 1 atom stereocenters. The standard InChI is InChI=1S/C18H17FN2OS/c1-2-12-6-8-15(9-7-12)20-18-21-17(22)16(23-18)11-13-4-3-5-14(19)10-13/h3-11,18,20H,2H2,1H3,(H,21,22)/b16-11-/t18-/m1/s1. The molecule has 5 heteroatoms. The summed E-state index contributed by atoms with van der Waals surface area (Å²) in [6.07, 6.45) is 2.70. The van der Waals surface area contributed by atoms with E-state index < -0.39 is 0 Å².